The van der Waals surface area contributed by atoms with Gasteiger partial charge in [-0.25, -0.2) is 4.98 Å². The zero-order valence-corrected chi connectivity index (χ0v) is 26.1. The fourth-order valence-corrected chi connectivity index (χ4v) is 6.96. The predicted octanol–water partition coefficient (Wildman–Crippen LogP) is 3.92. The average molecular weight is 610 g/mol. The van der Waals surface area contributed by atoms with Gasteiger partial charge in [-0.3, -0.25) is 19.3 Å². The molecule has 0 aliphatic carbocycles. The summed E-state index contributed by atoms with van der Waals surface area (Å²) in [6.45, 7) is 7.45. The number of aromatic nitrogens is 1. The van der Waals surface area contributed by atoms with Gasteiger partial charge in [-0.2, -0.15) is 0 Å². The van der Waals surface area contributed by atoms with Gasteiger partial charge < -0.3 is 19.8 Å². The van der Waals surface area contributed by atoms with Gasteiger partial charge in [0.25, 0.3) is 5.91 Å². The van der Waals surface area contributed by atoms with E-state index in [1.54, 1.807) is 6.92 Å². The number of piperidine rings is 2. The summed E-state index contributed by atoms with van der Waals surface area (Å²) < 4.78 is 0. The highest BCUT2D eigenvalue weighted by Gasteiger charge is 2.34. The third-order valence-corrected chi connectivity index (χ3v) is 9.76. The highest BCUT2D eigenvalue weighted by molar-refractivity contribution is 5.96. The highest BCUT2D eigenvalue weighted by Crippen LogP contribution is 2.28. The topological polar surface area (TPSA) is 97.3 Å². The standard InChI is InChI=1S/C36H43N5O4/c1-26(43)38-15-11-30(12-16-38)35(44)40-17-13-32(14-18-40)39-19-21-41(22-20-39)36(45)31-23-33(28-5-3-2-4-6-28)37-34(24-31)29-9-7-27(25-42)8-10-29/h2-10,23-24,30,32,42H,11-22,25H2,1H3. The zero-order chi connectivity index (χ0) is 31.3. The zero-order valence-electron chi connectivity index (χ0n) is 26.1. The van der Waals surface area contributed by atoms with Crippen LogP contribution in [0.4, 0.5) is 0 Å². The lowest BCUT2D eigenvalue weighted by atomic mass is 9.93. The second-order valence-electron chi connectivity index (χ2n) is 12.5. The van der Waals surface area contributed by atoms with E-state index in [-0.39, 0.29) is 30.2 Å². The summed E-state index contributed by atoms with van der Waals surface area (Å²) in [7, 11) is 0. The van der Waals surface area contributed by atoms with Gasteiger partial charge in [0.15, 0.2) is 0 Å². The molecule has 0 saturated carbocycles. The Hall–Kier alpha value is -4.08. The van der Waals surface area contributed by atoms with Crippen LogP contribution in [0, 0.1) is 5.92 Å². The lowest BCUT2D eigenvalue weighted by Gasteiger charge is -2.43. The Morgan fingerprint density at radius 2 is 1.29 bits per heavy atom. The number of pyridine rings is 1. The van der Waals surface area contributed by atoms with Gasteiger partial charge in [-0.05, 0) is 43.4 Å². The lowest BCUT2D eigenvalue weighted by Crippen LogP contribution is -2.55. The first-order valence-corrected chi connectivity index (χ1v) is 16.2. The van der Waals surface area contributed by atoms with E-state index < -0.39 is 0 Å². The smallest absolute Gasteiger partial charge is 0.254 e. The first-order chi connectivity index (χ1) is 21.9. The van der Waals surface area contributed by atoms with Crippen molar-refractivity contribution in [2.75, 3.05) is 52.4 Å². The summed E-state index contributed by atoms with van der Waals surface area (Å²) in [4.78, 5) is 51.9. The van der Waals surface area contributed by atoms with E-state index >= 15 is 0 Å². The highest BCUT2D eigenvalue weighted by atomic mass is 16.3. The molecule has 2 aromatic carbocycles. The molecule has 6 rings (SSSR count). The molecule has 3 aromatic rings. The van der Waals surface area contributed by atoms with Crippen molar-refractivity contribution in [3.8, 4) is 22.5 Å². The van der Waals surface area contributed by atoms with E-state index in [4.69, 9.17) is 4.98 Å². The number of hydrogen-bond acceptors (Lipinski definition) is 6. The predicted molar refractivity (Wildman–Crippen MR) is 173 cm³/mol. The Morgan fingerprint density at radius 3 is 1.87 bits per heavy atom. The largest absolute Gasteiger partial charge is 0.392 e. The first-order valence-electron chi connectivity index (χ1n) is 16.2. The molecule has 45 heavy (non-hydrogen) atoms. The number of piperazine rings is 1. The average Bonchev–Trinajstić information content (AvgIpc) is 3.11. The van der Waals surface area contributed by atoms with E-state index in [0.29, 0.717) is 37.8 Å². The number of aliphatic hydroxyl groups excluding tert-OH is 1. The summed E-state index contributed by atoms with van der Waals surface area (Å²) in [5.41, 5.74) is 4.79. The molecule has 4 heterocycles. The van der Waals surface area contributed by atoms with Crippen LogP contribution < -0.4 is 0 Å². The van der Waals surface area contributed by atoms with Gasteiger partial charge >= 0.3 is 0 Å². The summed E-state index contributed by atoms with van der Waals surface area (Å²) in [6, 6.07) is 21.8. The van der Waals surface area contributed by atoms with Crippen molar-refractivity contribution in [2.24, 2.45) is 5.92 Å². The van der Waals surface area contributed by atoms with Crippen molar-refractivity contribution < 1.29 is 19.5 Å². The molecule has 9 nitrogen and oxygen atoms in total. The number of aliphatic hydroxyl groups is 1. The maximum atomic E-state index is 13.9. The quantitative estimate of drug-likeness (QED) is 0.455. The number of benzene rings is 2. The van der Waals surface area contributed by atoms with Gasteiger partial charge in [-0.1, -0.05) is 54.6 Å². The van der Waals surface area contributed by atoms with E-state index in [1.165, 1.54) is 0 Å². The minimum absolute atomic E-state index is 0.0127. The van der Waals surface area contributed by atoms with E-state index in [1.807, 2.05) is 81.4 Å². The molecule has 0 spiro atoms. The van der Waals surface area contributed by atoms with Crippen molar-refractivity contribution in [1.82, 2.24) is 24.6 Å². The Bertz CT molecular complexity index is 1490. The molecule has 0 unspecified atom stereocenters. The van der Waals surface area contributed by atoms with Crippen LogP contribution in [0.25, 0.3) is 22.5 Å². The SMILES string of the molecule is CC(=O)N1CCC(C(=O)N2CCC(N3CCN(C(=O)c4cc(-c5ccccc5)nc(-c5ccc(CO)cc5)c4)CC3)CC2)CC1. The number of rotatable bonds is 6. The van der Waals surface area contributed by atoms with Gasteiger partial charge in [0.05, 0.1) is 18.0 Å². The Morgan fingerprint density at radius 1 is 0.711 bits per heavy atom. The van der Waals surface area contributed by atoms with Gasteiger partial charge in [-0.15, -0.1) is 0 Å². The third-order valence-electron chi connectivity index (χ3n) is 9.76. The van der Waals surface area contributed by atoms with Crippen LogP contribution in [-0.4, -0.2) is 106 Å². The van der Waals surface area contributed by atoms with Crippen molar-refractivity contribution >= 4 is 17.7 Å². The first kappa shape index (κ1) is 30.9. The van der Waals surface area contributed by atoms with E-state index in [2.05, 4.69) is 4.90 Å². The summed E-state index contributed by atoms with van der Waals surface area (Å²) in [5, 5.41) is 9.46. The Kier molecular flexibility index (Phi) is 9.56. The Labute approximate surface area is 265 Å². The van der Waals surface area contributed by atoms with Crippen molar-refractivity contribution in [1.29, 1.82) is 0 Å². The van der Waals surface area contributed by atoms with Gasteiger partial charge in [0.2, 0.25) is 11.8 Å². The van der Waals surface area contributed by atoms with Crippen molar-refractivity contribution in [3.05, 3.63) is 77.9 Å². The molecule has 3 aliphatic rings. The molecule has 3 fully saturated rings. The lowest BCUT2D eigenvalue weighted by molar-refractivity contribution is -0.141. The fraction of sp³-hybridized carbons (Fsp3) is 0.444. The van der Waals surface area contributed by atoms with Crippen LogP contribution in [0.1, 0.15) is 48.5 Å². The van der Waals surface area contributed by atoms with Crippen LogP contribution >= 0.6 is 0 Å². The normalized spacial score (nSPS) is 18.7. The minimum Gasteiger partial charge on any atom is -0.392 e. The molecule has 3 amide bonds. The van der Waals surface area contributed by atoms with Gasteiger partial charge in [0, 0.05) is 87.9 Å². The molecule has 0 bridgehead atoms. The maximum Gasteiger partial charge on any atom is 0.254 e. The molecular formula is C36H43N5O4. The molecule has 3 aliphatic heterocycles. The van der Waals surface area contributed by atoms with Gasteiger partial charge in [0.1, 0.15) is 0 Å². The van der Waals surface area contributed by atoms with Crippen LogP contribution in [0.15, 0.2) is 66.7 Å². The molecule has 236 valence electrons. The number of likely N-dealkylation sites (tertiary alicyclic amines) is 2. The maximum absolute atomic E-state index is 13.9. The molecule has 9 heteroatoms. The number of nitrogens with zero attached hydrogens (tertiary/aromatic N) is 5. The summed E-state index contributed by atoms with van der Waals surface area (Å²) in [6.07, 6.45) is 3.43. The number of carbonyl (C=O) groups excluding carboxylic acids is 3. The van der Waals surface area contributed by atoms with Crippen LogP contribution in [0.3, 0.4) is 0 Å². The fourth-order valence-electron chi connectivity index (χ4n) is 6.96. The molecule has 0 atom stereocenters. The van der Waals surface area contributed by atoms with E-state index in [9.17, 15) is 19.5 Å². The second-order valence-corrected chi connectivity index (χ2v) is 12.5. The second kappa shape index (κ2) is 13.9. The minimum atomic E-state index is -0.0205. The van der Waals surface area contributed by atoms with Crippen LogP contribution in [-0.2, 0) is 16.2 Å². The number of amides is 3. The summed E-state index contributed by atoms with van der Waals surface area (Å²) in [5.74, 6) is 0.389. The number of carbonyl (C=O) groups is 3. The number of hydrogen-bond donors (Lipinski definition) is 1. The molecular weight excluding hydrogens is 566 g/mol. The van der Waals surface area contributed by atoms with E-state index in [0.717, 1.165) is 79.9 Å². The summed E-state index contributed by atoms with van der Waals surface area (Å²) >= 11 is 0. The van der Waals surface area contributed by atoms with Crippen molar-refractivity contribution in [2.45, 2.75) is 45.3 Å². The van der Waals surface area contributed by atoms with Crippen LogP contribution in [0.5, 0.6) is 0 Å². The Balaban J connectivity index is 1.07. The molecule has 0 radical (unpaired) electrons. The molecule has 1 N–H and O–H groups in total. The monoisotopic (exact) mass is 609 g/mol. The molecule has 1 aromatic heterocycles. The third kappa shape index (κ3) is 7.10. The van der Waals surface area contributed by atoms with Crippen LogP contribution in [0.2, 0.25) is 0 Å². The molecule has 3 saturated heterocycles. The van der Waals surface area contributed by atoms with Crippen molar-refractivity contribution in [3.63, 3.8) is 0 Å².